The Hall–Kier alpha value is -1.88. The maximum Gasteiger partial charge on any atom is 0.233 e. The van der Waals surface area contributed by atoms with Crippen LogP contribution in [0.1, 0.15) is 38.3 Å². The number of hydrogen-bond donors (Lipinski definition) is 1. The van der Waals surface area contributed by atoms with Gasteiger partial charge in [0.15, 0.2) is 5.16 Å². The van der Waals surface area contributed by atoms with E-state index in [1.54, 1.807) is 18.5 Å². The zero-order valence-electron chi connectivity index (χ0n) is 12.9. The Morgan fingerprint density at radius 2 is 1.86 bits per heavy atom. The first-order valence-electron chi connectivity index (χ1n) is 7.49. The number of hydrogen-bond acceptors (Lipinski definition) is 4. The van der Waals surface area contributed by atoms with E-state index in [0.29, 0.717) is 5.16 Å². The molecule has 0 unspecified atom stereocenters. The van der Waals surface area contributed by atoms with Crippen LogP contribution in [0.3, 0.4) is 0 Å². The fourth-order valence-electron chi connectivity index (χ4n) is 2.14. The molecule has 1 aromatic heterocycles. The lowest BCUT2D eigenvalue weighted by Crippen LogP contribution is -2.34. The van der Waals surface area contributed by atoms with Crippen molar-refractivity contribution in [2.45, 2.75) is 43.1 Å². The Labute approximate surface area is 135 Å². The summed E-state index contributed by atoms with van der Waals surface area (Å²) >= 11 is 1.37. The zero-order chi connectivity index (χ0) is 15.8. The average Bonchev–Trinajstić information content (AvgIpc) is 2.56. The number of aromatic nitrogens is 2. The average molecular weight is 315 g/mol. The van der Waals surface area contributed by atoms with E-state index >= 15 is 0 Å². The molecule has 1 amide bonds. The van der Waals surface area contributed by atoms with E-state index in [2.05, 4.69) is 34.3 Å². The molecule has 0 aliphatic carbocycles. The maximum absolute atomic E-state index is 12.4. The minimum absolute atomic E-state index is 0.0137. The van der Waals surface area contributed by atoms with Gasteiger partial charge in [0.05, 0.1) is 11.3 Å². The molecule has 5 heteroatoms. The summed E-state index contributed by atoms with van der Waals surface area (Å²) in [7, 11) is 0. The number of benzene rings is 1. The van der Waals surface area contributed by atoms with Gasteiger partial charge in [-0.2, -0.15) is 0 Å². The molecule has 1 aromatic carbocycles. The zero-order valence-corrected chi connectivity index (χ0v) is 13.7. The molecule has 2 atom stereocenters. The molecule has 2 rings (SSSR count). The van der Waals surface area contributed by atoms with Crippen LogP contribution in [0.5, 0.6) is 0 Å². The van der Waals surface area contributed by atoms with E-state index < -0.39 is 0 Å². The molecule has 0 aliphatic rings. The Kier molecular flexibility index (Phi) is 6.40. The van der Waals surface area contributed by atoms with Gasteiger partial charge in [-0.05, 0) is 25.0 Å². The molecule has 116 valence electrons. The summed E-state index contributed by atoms with van der Waals surface area (Å²) in [5.41, 5.74) is 1.14. The standard InChI is InChI=1S/C17H21N3OS/c1-3-8-15(14-9-5-4-6-10-14)20-16(21)13(2)22-17-18-11-7-12-19-17/h4-7,9-13,15H,3,8H2,1-2H3,(H,20,21)/t13-,15-/m1/s1. The topological polar surface area (TPSA) is 54.9 Å². The summed E-state index contributed by atoms with van der Waals surface area (Å²) in [6, 6.07) is 11.9. The van der Waals surface area contributed by atoms with Crippen molar-refractivity contribution >= 4 is 17.7 Å². The second-order valence-corrected chi connectivity index (χ2v) is 6.36. The minimum atomic E-state index is -0.231. The highest BCUT2D eigenvalue weighted by Crippen LogP contribution is 2.22. The van der Waals surface area contributed by atoms with Gasteiger partial charge in [-0.25, -0.2) is 9.97 Å². The first-order valence-corrected chi connectivity index (χ1v) is 8.37. The van der Waals surface area contributed by atoms with Gasteiger partial charge in [0.25, 0.3) is 0 Å². The lowest BCUT2D eigenvalue weighted by molar-refractivity contribution is -0.121. The van der Waals surface area contributed by atoms with Crippen molar-refractivity contribution in [2.24, 2.45) is 0 Å². The minimum Gasteiger partial charge on any atom is -0.348 e. The quantitative estimate of drug-likeness (QED) is 0.626. The molecule has 0 bridgehead atoms. The van der Waals surface area contributed by atoms with Crippen molar-refractivity contribution in [2.75, 3.05) is 0 Å². The highest BCUT2D eigenvalue weighted by molar-refractivity contribution is 8.00. The van der Waals surface area contributed by atoms with Crippen LogP contribution in [0, 0.1) is 0 Å². The Bertz CT molecular complexity index is 577. The highest BCUT2D eigenvalue weighted by Gasteiger charge is 2.20. The number of amides is 1. The van der Waals surface area contributed by atoms with Crippen LogP contribution < -0.4 is 5.32 Å². The van der Waals surface area contributed by atoms with Crippen LogP contribution in [0.25, 0.3) is 0 Å². The SMILES string of the molecule is CCC[C@@H](NC(=O)[C@@H](C)Sc1ncccn1)c1ccccc1. The van der Waals surface area contributed by atoms with Crippen LogP contribution in [0.4, 0.5) is 0 Å². The summed E-state index contributed by atoms with van der Waals surface area (Å²) in [5, 5.41) is 3.53. The molecule has 1 N–H and O–H groups in total. The van der Waals surface area contributed by atoms with Gasteiger partial charge >= 0.3 is 0 Å². The Morgan fingerprint density at radius 1 is 1.18 bits per heavy atom. The summed E-state index contributed by atoms with van der Waals surface area (Å²) in [6.07, 6.45) is 5.31. The van der Waals surface area contributed by atoms with Crippen molar-refractivity contribution < 1.29 is 4.79 Å². The Balaban J connectivity index is 1.98. The van der Waals surface area contributed by atoms with E-state index in [1.807, 2.05) is 25.1 Å². The van der Waals surface area contributed by atoms with Gasteiger partial charge < -0.3 is 5.32 Å². The molecular weight excluding hydrogens is 294 g/mol. The van der Waals surface area contributed by atoms with Gasteiger partial charge in [-0.1, -0.05) is 55.4 Å². The Morgan fingerprint density at radius 3 is 2.50 bits per heavy atom. The van der Waals surface area contributed by atoms with Crippen LogP contribution in [-0.2, 0) is 4.79 Å². The lowest BCUT2D eigenvalue weighted by atomic mass is 10.0. The molecule has 0 saturated carbocycles. The molecule has 1 heterocycles. The second kappa shape index (κ2) is 8.54. The number of thioether (sulfide) groups is 1. The van der Waals surface area contributed by atoms with Crippen molar-refractivity contribution in [3.63, 3.8) is 0 Å². The first kappa shape index (κ1) is 16.5. The number of nitrogens with one attached hydrogen (secondary N) is 1. The third-order valence-corrected chi connectivity index (χ3v) is 4.28. The van der Waals surface area contributed by atoms with E-state index in [9.17, 15) is 4.79 Å². The summed E-state index contributed by atoms with van der Waals surface area (Å²) in [5.74, 6) is 0.0137. The summed E-state index contributed by atoms with van der Waals surface area (Å²) in [6.45, 7) is 4.00. The third-order valence-electron chi connectivity index (χ3n) is 3.29. The monoisotopic (exact) mass is 315 g/mol. The van der Waals surface area contributed by atoms with E-state index in [0.717, 1.165) is 18.4 Å². The lowest BCUT2D eigenvalue weighted by Gasteiger charge is -2.20. The molecule has 22 heavy (non-hydrogen) atoms. The number of rotatable bonds is 7. The number of carbonyl (C=O) groups excluding carboxylic acids is 1. The first-order chi connectivity index (χ1) is 10.7. The van der Waals surface area contributed by atoms with Crippen LogP contribution in [-0.4, -0.2) is 21.1 Å². The molecule has 0 aliphatic heterocycles. The predicted octanol–water partition coefficient (Wildman–Crippen LogP) is 3.61. The van der Waals surface area contributed by atoms with Gasteiger partial charge in [-0.15, -0.1) is 0 Å². The molecule has 0 radical (unpaired) electrons. The molecule has 4 nitrogen and oxygen atoms in total. The normalized spacial score (nSPS) is 13.4. The molecule has 0 spiro atoms. The van der Waals surface area contributed by atoms with Crippen molar-refractivity contribution in [3.8, 4) is 0 Å². The van der Waals surface area contributed by atoms with Crippen LogP contribution >= 0.6 is 11.8 Å². The predicted molar refractivity (Wildman–Crippen MR) is 89.6 cm³/mol. The van der Waals surface area contributed by atoms with Crippen LogP contribution in [0.15, 0.2) is 53.9 Å². The highest BCUT2D eigenvalue weighted by atomic mass is 32.2. The smallest absolute Gasteiger partial charge is 0.233 e. The van der Waals surface area contributed by atoms with E-state index in [1.165, 1.54) is 11.8 Å². The molecule has 0 fully saturated rings. The number of nitrogens with zero attached hydrogens (tertiary/aromatic N) is 2. The van der Waals surface area contributed by atoms with Gasteiger partial charge in [-0.3, -0.25) is 4.79 Å². The summed E-state index contributed by atoms with van der Waals surface area (Å²) < 4.78 is 0. The van der Waals surface area contributed by atoms with Crippen molar-refractivity contribution in [3.05, 3.63) is 54.4 Å². The second-order valence-electron chi connectivity index (χ2n) is 5.05. The third kappa shape index (κ3) is 4.84. The van der Waals surface area contributed by atoms with Crippen molar-refractivity contribution in [1.29, 1.82) is 0 Å². The largest absolute Gasteiger partial charge is 0.348 e. The van der Waals surface area contributed by atoms with Crippen molar-refractivity contribution in [1.82, 2.24) is 15.3 Å². The van der Waals surface area contributed by atoms with Gasteiger partial charge in [0.2, 0.25) is 5.91 Å². The van der Waals surface area contributed by atoms with Gasteiger partial charge in [0, 0.05) is 12.4 Å². The molecule has 2 aromatic rings. The molecule has 0 saturated heterocycles. The summed E-state index contributed by atoms with van der Waals surface area (Å²) in [4.78, 5) is 20.7. The van der Waals surface area contributed by atoms with Crippen LogP contribution in [0.2, 0.25) is 0 Å². The molecular formula is C17H21N3OS. The van der Waals surface area contributed by atoms with E-state index in [4.69, 9.17) is 0 Å². The fraction of sp³-hybridized carbons (Fsp3) is 0.353. The van der Waals surface area contributed by atoms with E-state index in [-0.39, 0.29) is 17.2 Å². The van der Waals surface area contributed by atoms with Gasteiger partial charge in [0.1, 0.15) is 0 Å². The number of carbonyl (C=O) groups is 1. The fourth-order valence-corrected chi connectivity index (χ4v) is 2.88. The maximum atomic E-state index is 12.4.